The van der Waals surface area contributed by atoms with Gasteiger partial charge in [0.05, 0.1) is 35.1 Å². The van der Waals surface area contributed by atoms with E-state index >= 15 is 0 Å². The molecule has 0 aliphatic heterocycles. The Labute approximate surface area is 130 Å². The predicted octanol–water partition coefficient (Wildman–Crippen LogP) is 2.56. The van der Waals surface area contributed by atoms with Gasteiger partial charge in [-0.3, -0.25) is 8.89 Å². The average molecular weight is 327 g/mol. The number of carbonyl (C=O) groups is 1. The summed E-state index contributed by atoms with van der Waals surface area (Å²) in [6.07, 6.45) is 1.44. The molecular weight excluding hydrogens is 312 g/mol. The molecule has 0 saturated heterocycles. The minimum atomic E-state index is -1.29. The van der Waals surface area contributed by atoms with Crippen molar-refractivity contribution in [2.75, 3.05) is 6.61 Å². The van der Waals surface area contributed by atoms with Gasteiger partial charge in [0.2, 0.25) is 0 Å². The van der Waals surface area contributed by atoms with E-state index in [1.54, 1.807) is 42.9 Å². The van der Waals surface area contributed by atoms with Crippen LogP contribution in [0.3, 0.4) is 0 Å². The van der Waals surface area contributed by atoms with Crippen LogP contribution in [0.1, 0.15) is 23.0 Å². The van der Waals surface area contributed by atoms with E-state index in [-0.39, 0.29) is 12.4 Å². The first kappa shape index (κ1) is 15.7. The topological polar surface area (TPSA) is 61.2 Å². The minimum Gasteiger partial charge on any atom is -0.462 e. The Balaban J connectivity index is 2.23. The number of carbonyl (C=O) groups excluding carboxylic acids is 1. The van der Waals surface area contributed by atoms with Crippen LogP contribution in [0.5, 0.6) is 0 Å². The number of hydrogen-bond acceptors (Lipinski definition) is 4. The van der Waals surface area contributed by atoms with Gasteiger partial charge < -0.3 is 4.74 Å². The van der Waals surface area contributed by atoms with Crippen LogP contribution in [-0.2, 0) is 28.3 Å². The van der Waals surface area contributed by atoms with Crippen molar-refractivity contribution in [1.29, 1.82) is 0 Å². The van der Waals surface area contributed by atoms with Crippen molar-refractivity contribution in [2.24, 2.45) is 7.05 Å². The third kappa shape index (κ3) is 3.71. The number of benzene rings is 1. The van der Waals surface area contributed by atoms with Gasteiger partial charge in [0, 0.05) is 17.0 Å². The molecule has 0 radical (unpaired) electrons. The number of aromatic nitrogens is 2. The van der Waals surface area contributed by atoms with Crippen molar-refractivity contribution in [1.82, 2.24) is 9.78 Å². The number of aryl methyl sites for hydroxylation is 1. The van der Waals surface area contributed by atoms with Crippen LogP contribution in [-0.4, -0.2) is 26.6 Å². The van der Waals surface area contributed by atoms with E-state index in [4.69, 9.17) is 16.3 Å². The number of ether oxygens (including phenoxy) is 1. The Morgan fingerprint density at radius 2 is 2.05 bits per heavy atom. The molecule has 0 bridgehead atoms. The van der Waals surface area contributed by atoms with Gasteiger partial charge in [0.15, 0.2) is 0 Å². The summed E-state index contributed by atoms with van der Waals surface area (Å²) in [4.78, 5) is 12.5. The first-order chi connectivity index (χ1) is 10.0. The van der Waals surface area contributed by atoms with Gasteiger partial charge >= 0.3 is 5.97 Å². The van der Waals surface area contributed by atoms with E-state index in [1.807, 2.05) is 0 Å². The lowest BCUT2D eigenvalue weighted by Gasteiger charge is -2.06. The lowest BCUT2D eigenvalue weighted by Crippen LogP contribution is -2.11. The predicted molar refractivity (Wildman–Crippen MR) is 80.7 cm³/mol. The normalized spacial score (nSPS) is 12.1. The van der Waals surface area contributed by atoms with Crippen LogP contribution < -0.4 is 0 Å². The lowest BCUT2D eigenvalue weighted by atomic mass is 10.3. The number of esters is 1. The fourth-order valence-corrected chi connectivity index (χ4v) is 3.13. The molecule has 0 amide bonds. The largest absolute Gasteiger partial charge is 0.462 e. The average Bonchev–Trinajstić information content (AvgIpc) is 2.81. The first-order valence-corrected chi connectivity index (χ1v) is 8.04. The molecule has 0 saturated carbocycles. The van der Waals surface area contributed by atoms with Crippen LogP contribution in [0.4, 0.5) is 0 Å². The Bertz CT molecular complexity index is 667. The Morgan fingerprint density at radius 3 is 2.67 bits per heavy atom. The number of hydrogen-bond donors (Lipinski definition) is 0. The standard InChI is InChI=1S/C14H15ClN2O3S/c1-3-20-14(18)12-8-16-17(2)13(12)9-21(19)11-6-4-10(15)5-7-11/h4-8H,3,9H2,1-2H3. The van der Waals surface area contributed by atoms with Crippen LogP contribution in [0.2, 0.25) is 5.02 Å². The molecule has 0 aliphatic rings. The van der Waals surface area contributed by atoms with E-state index in [0.29, 0.717) is 21.2 Å². The van der Waals surface area contributed by atoms with Crippen LogP contribution in [0.15, 0.2) is 35.4 Å². The highest BCUT2D eigenvalue weighted by Gasteiger charge is 2.19. The molecule has 1 unspecified atom stereocenters. The molecule has 21 heavy (non-hydrogen) atoms. The Kier molecular flexibility index (Phi) is 5.14. The van der Waals surface area contributed by atoms with E-state index in [0.717, 1.165) is 0 Å². The maximum atomic E-state index is 12.4. The van der Waals surface area contributed by atoms with Crippen LogP contribution >= 0.6 is 11.6 Å². The molecule has 1 heterocycles. The summed E-state index contributed by atoms with van der Waals surface area (Å²) in [5.74, 6) is -0.263. The molecule has 7 heteroatoms. The summed E-state index contributed by atoms with van der Waals surface area (Å²) in [6, 6.07) is 6.78. The third-order valence-corrected chi connectivity index (χ3v) is 4.49. The molecule has 0 spiro atoms. The van der Waals surface area contributed by atoms with Crippen molar-refractivity contribution in [3.8, 4) is 0 Å². The second kappa shape index (κ2) is 6.87. The zero-order chi connectivity index (χ0) is 15.4. The summed E-state index contributed by atoms with van der Waals surface area (Å²) in [6.45, 7) is 2.02. The van der Waals surface area contributed by atoms with Gasteiger partial charge in [-0.2, -0.15) is 5.10 Å². The molecular formula is C14H15ClN2O3S. The number of halogens is 1. The number of nitrogens with zero attached hydrogens (tertiary/aromatic N) is 2. The molecule has 1 atom stereocenters. The van der Waals surface area contributed by atoms with Gasteiger partial charge in [-0.25, -0.2) is 4.79 Å². The molecule has 1 aromatic carbocycles. The van der Waals surface area contributed by atoms with Crippen LogP contribution in [0.25, 0.3) is 0 Å². The summed E-state index contributed by atoms with van der Waals surface area (Å²) >= 11 is 5.81. The van der Waals surface area contributed by atoms with Crippen molar-refractivity contribution in [3.63, 3.8) is 0 Å². The van der Waals surface area contributed by atoms with E-state index in [9.17, 15) is 9.00 Å². The minimum absolute atomic E-state index is 0.187. The third-order valence-electron chi connectivity index (χ3n) is 2.90. The highest BCUT2D eigenvalue weighted by Crippen LogP contribution is 2.18. The smallest absolute Gasteiger partial charge is 0.341 e. The van der Waals surface area contributed by atoms with Gasteiger partial charge in [0.1, 0.15) is 5.56 Å². The van der Waals surface area contributed by atoms with Gasteiger partial charge in [-0.05, 0) is 31.2 Å². The molecule has 2 rings (SSSR count). The fourth-order valence-electron chi connectivity index (χ4n) is 1.81. The highest BCUT2D eigenvalue weighted by molar-refractivity contribution is 7.84. The first-order valence-electron chi connectivity index (χ1n) is 6.35. The van der Waals surface area contributed by atoms with Crippen molar-refractivity contribution >= 4 is 28.4 Å². The Hall–Kier alpha value is -1.66. The van der Waals surface area contributed by atoms with Crippen molar-refractivity contribution in [2.45, 2.75) is 17.6 Å². The fraction of sp³-hybridized carbons (Fsp3) is 0.286. The second-order valence-electron chi connectivity index (χ2n) is 4.29. The molecule has 112 valence electrons. The van der Waals surface area contributed by atoms with Crippen molar-refractivity contribution < 1.29 is 13.7 Å². The molecule has 0 aliphatic carbocycles. The quantitative estimate of drug-likeness (QED) is 0.792. The van der Waals surface area contributed by atoms with Gasteiger partial charge in [-0.15, -0.1) is 0 Å². The van der Waals surface area contributed by atoms with Gasteiger partial charge in [-0.1, -0.05) is 11.6 Å². The summed E-state index contributed by atoms with van der Waals surface area (Å²) in [5.41, 5.74) is 0.934. The summed E-state index contributed by atoms with van der Waals surface area (Å²) < 4.78 is 18.9. The van der Waals surface area contributed by atoms with E-state index in [1.165, 1.54) is 6.20 Å². The second-order valence-corrected chi connectivity index (χ2v) is 6.18. The number of rotatable bonds is 5. The molecule has 0 fully saturated rings. The lowest BCUT2D eigenvalue weighted by molar-refractivity contribution is 0.0525. The monoisotopic (exact) mass is 326 g/mol. The maximum absolute atomic E-state index is 12.4. The van der Waals surface area contributed by atoms with Crippen LogP contribution in [0, 0.1) is 0 Å². The SMILES string of the molecule is CCOC(=O)c1cnn(C)c1CS(=O)c1ccc(Cl)cc1. The van der Waals surface area contributed by atoms with E-state index < -0.39 is 16.8 Å². The Morgan fingerprint density at radius 1 is 1.38 bits per heavy atom. The maximum Gasteiger partial charge on any atom is 0.341 e. The van der Waals surface area contributed by atoms with Crippen molar-refractivity contribution in [3.05, 3.63) is 46.7 Å². The van der Waals surface area contributed by atoms with Gasteiger partial charge in [0.25, 0.3) is 0 Å². The zero-order valence-electron chi connectivity index (χ0n) is 11.7. The summed E-state index contributed by atoms with van der Waals surface area (Å²) in [7, 11) is 0.416. The molecule has 0 N–H and O–H groups in total. The molecule has 1 aromatic heterocycles. The zero-order valence-corrected chi connectivity index (χ0v) is 13.3. The van der Waals surface area contributed by atoms with E-state index in [2.05, 4.69) is 5.10 Å². The summed E-state index contributed by atoms with van der Waals surface area (Å²) in [5, 5.41) is 4.63. The molecule has 2 aromatic rings. The highest BCUT2D eigenvalue weighted by atomic mass is 35.5. The molecule has 5 nitrogen and oxygen atoms in total.